The molecule has 1 saturated heterocycles. The van der Waals surface area contributed by atoms with E-state index in [1.807, 2.05) is 18.5 Å². The summed E-state index contributed by atoms with van der Waals surface area (Å²) in [7, 11) is 0. The van der Waals surface area contributed by atoms with Crippen molar-refractivity contribution in [2.45, 2.75) is 20.0 Å². The first-order valence-corrected chi connectivity index (χ1v) is 8.33. The number of pyridine rings is 1. The Labute approximate surface area is 145 Å². The standard InChI is InChI=1S/C18H22N4O3/c1-12(23)3-4-14-10-19-17-16(14)9-15(11-20-17)21-5-7-22(8-6-21)18(25)13(2)24/h3-4,9-11,13,24H,5-8H2,1-2H3,(H,19,20)/b4-3+/t13-/m1/s1. The first-order valence-electron chi connectivity index (χ1n) is 8.33. The van der Waals surface area contributed by atoms with Gasteiger partial charge in [-0.15, -0.1) is 0 Å². The van der Waals surface area contributed by atoms with Gasteiger partial charge in [-0.05, 0) is 32.1 Å². The van der Waals surface area contributed by atoms with Gasteiger partial charge in [0, 0.05) is 43.3 Å². The fraction of sp³-hybridized carbons (Fsp3) is 0.389. The quantitative estimate of drug-likeness (QED) is 0.815. The van der Waals surface area contributed by atoms with Gasteiger partial charge in [-0.2, -0.15) is 0 Å². The molecule has 0 unspecified atom stereocenters. The Balaban J connectivity index is 1.77. The zero-order valence-electron chi connectivity index (χ0n) is 14.4. The average molecular weight is 342 g/mol. The molecular formula is C18H22N4O3. The third kappa shape index (κ3) is 3.71. The number of hydrogen-bond acceptors (Lipinski definition) is 5. The summed E-state index contributed by atoms with van der Waals surface area (Å²) in [5.41, 5.74) is 2.67. The van der Waals surface area contributed by atoms with E-state index in [2.05, 4.69) is 14.9 Å². The summed E-state index contributed by atoms with van der Waals surface area (Å²) in [5, 5.41) is 10.4. The summed E-state index contributed by atoms with van der Waals surface area (Å²) in [5.74, 6) is -0.229. The molecule has 0 bridgehead atoms. The summed E-state index contributed by atoms with van der Waals surface area (Å²) < 4.78 is 0. The van der Waals surface area contributed by atoms with Crippen LogP contribution >= 0.6 is 0 Å². The van der Waals surface area contributed by atoms with E-state index in [1.165, 1.54) is 19.9 Å². The van der Waals surface area contributed by atoms with Crippen molar-refractivity contribution in [3.63, 3.8) is 0 Å². The number of nitrogens with one attached hydrogen (secondary N) is 1. The summed E-state index contributed by atoms with van der Waals surface area (Å²) in [4.78, 5) is 34.4. The number of aromatic nitrogens is 2. The van der Waals surface area contributed by atoms with Crippen molar-refractivity contribution in [2.75, 3.05) is 31.1 Å². The number of fused-ring (bicyclic) bond motifs is 1. The van der Waals surface area contributed by atoms with Gasteiger partial charge in [0.05, 0.1) is 11.9 Å². The molecule has 0 spiro atoms. The van der Waals surface area contributed by atoms with Crippen molar-refractivity contribution in [1.29, 1.82) is 0 Å². The average Bonchev–Trinajstić information content (AvgIpc) is 3.01. The number of hydrogen-bond donors (Lipinski definition) is 2. The highest BCUT2D eigenvalue weighted by atomic mass is 16.3. The first kappa shape index (κ1) is 17.2. The molecule has 1 aliphatic rings. The normalized spacial score (nSPS) is 16.6. The molecule has 7 nitrogen and oxygen atoms in total. The fourth-order valence-electron chi connectivity index (χ4n) is 2.98. The first-order chi connectivity index (χ1) is 12.0. The van der Waals surface area contributed by atoms with Crippen molar-refractivity contribution in [2.24, 2.45) is 0 Å². The van der Waals surface area contributed by atoms with Gasteiger partial charge in [-0.25, -0.2) is 4.98 Å². The molecule has 2 aromatic rings. The molecule has 1 atom stereocenters. The third-order valence-electron chi connectivity index (χ3n) is 4.36. The van der Waals surface area contributed by atoms with Gasteiger partial charge in [0.25, 0.3) is 5.91 Å². The smallest absolute Gasteiger partial charge is 0.251 e. The largest absolute Gasteiger partial charge is 0.384 e. The van der Waals surface area contributed by atoms with Crippen LogP contribution in [0.4, 0.5) is 5.69 Å². The number of aliphatic hydroxyl groups is 1. The second-order valence-electron chi connectivity index (χ2n) is 6.27. The number of anilines is 1. The number of carbonyl (C=O) groups is 2. The number of allylic oxidation sites excluding steroid dienone is 1. The molecule has 1 amide bonds. The van der Waals surface area contributed by atoms with Gasteiger partial charge < -0.3 is 19.9 Å². The zero-order valence-corrected chi connectivity index (χ0v) is 14.4. The Kier molecular flexibility index (Phi) is 4.85. The lowest BCUT2D eigenvalue weighted by atomic mass is 10.1. The lowest BCUT2D eigenvalue weighted by Gasteiger charge is -2.36. The lowest BCUT2D eigenvalue weighted by molar-refractivity contribution is -0.139. The molecule has 132 valence electrons. The highest BCUT2D eigenvalue weighted by molar-refractivity contribution is 5.96. The Morgan fingerprint density at radius 2 is 2.04 bits per heavy atom. The van der Waals surface area contributed by atoms with Crippen LogP contribution in [0.3, 0.4) is 0 Å². The number of aliphatic hydroxyl groups excluding tert-OH is 1. The molecule has 1 fully saturated rings. The summed E-state index contributed by atoms with van der Waals surface area (Å²) >= 11 is 0. The van der Waals surface area contributed by atoms with E-state index in [0.29, 0.717) is 26.2 Å². The minimum absolute atomic E-state index is 0.00244. The second-order valence-corrected chi connectivity index (χ2v) is 6.27. The number of piperazine rings is 1. The maximum absolute atomic E-state index is 11.9. The number of aromatic amines is 1. The number of nitrogens with zero attached hydrogens (tertiary/aromatic N) is 3. The lowest BCUT2D eigenvalue weighted by Crippen LogP contribution is -2.51. The molecular weight excluding hydrogens is 320 g/mol. The third-order valence-corrected chi connectivity index (χ3v) is 4.36. The van der Waals surface area contributed by atoms with E-state index in [-0.39, 0.29) is 11.7 Å². The van der Waals surface area contributed by atoms with Crippen LogP contribution in [0, 0.1) is 0 Å². The van der Waals surface area contributed by atoms with Crippen LogP contribution in [0.2, 0.25) is 0 Å². The van der Waals surface area contributed by atoms with Gasteiger partial charge >= 0.3 is 0 Å². The van der Waals surface area contributed by atoms with Gasteiger partial charge in [-0.1, -0.05) is 0 Å². The molecule has 0 aliphatic carbocycles. The predicted molar refractivity (Wildman–Crippen MR) is 96.3 cm³/mol. The Hall–Kier alpha value is -2.67. The maximum atomic E-state index is 11.9. The summed E-state index contributed by atoms with van der Waals surface area (Å²) in [6.45, 7) is 5.54. The van der Waals surface area contributed by atoms with Crippen LogP contribution in [-0.4, -0.2) is 63.9 Å². The molecule has 2 aromatic heterocycles. The van der Waals surface area contributed by atoms with Gasteiger partial charge in [0.15, 0.2) is 5.78 Å². The summed E-state index contributed by atoms with van der Waals surface area (Å²) in [6, 6.07) is 2.05. The molecule has 3 rings (SSSR count). The predicted octanol–water partition coefficient (Wildman–Crippen LogP) is 1.19. The van der Waals surface area contributed by atoms with Crippen LogP contribution in [0.25, 0.3) is 17.1 Å². The van der Waals surface area contributed by atoms with Crippen molar-refractivity contribution in [1.82, 2.24) is 14.9 Å². The number of carbonyl (C=O) groups excluding carboxylic acids is 2. The topological polar surface area (TPSA) is 89.5 Å². The van der Waals surface area contributed by atoms with Crippen molar-refractivity contribution >= 4 is 34.5 Å². The summed E-state index contributed by atoms with van der Waals surface area (Å²) in [6.07, 6.45) is 6.01. The molecule has 25 heavy (non-hydrogen) atoms. The molecule has 3 heterocycles. The number of ketones is 1. The van der Waals surface area contributed by atoms with Crippen molar-refractivity contribution in [3.05, 3.63) is 30.1 Å². The van der Waals surface area contributed by atoms with E-state index in [9.17, 15) is 14.7 Å². The zero-order chi connectivity index (χ0) is 18.0. The van der Waals surface area contributed by atoms with Gasteiger partial charge in [0.2, 0.25) is 0 Å². The molecule has 0 saturated carbocycles. The Morgan fingerprint density at radius 1 is 1.32 bits per heavy atom. The van der Waals surface area contributed by atoms with Crippen molar-refractivity contribution in [3.8, 4) is 0 Å². The minimum atomic E-state index is -0.958. The van der Waals surface area contributed by atoms with Crippen LogP contribution in [0.15, 0.2) is 24.5 Å². The van der Waals surface area contributed by atoms with Crippen LogP contribution in [0.1, 0.15) is 19.4 Å². The number of rotatable bonds is 4. The van der Waals surface area contributed by atoms with E-state index in [0.717, 1.165) is 22.3 Å². The van der Waals surface area contributed by atoms with Gasteiger partial charge in [0.1, 0.15) is 11.8 Å². The Bertz CT molecular complexity index is 817. The van der Waals surface area contributed by atoms with E-state index in [4.69, 9.17) is 0 Å². The molecule has 2 N–H and O–H groups in total. The van der Waals surface area contributed by atoms with Gasteiger partial charge in [-0.3, -0.25) is 9.59 Å². The number of amides is 1. The monoisotopic (exact) mass is 342 g/mol. The van der Waals surface area contributed by atoms with Crippen molar-refractivity contribution < 1.29 is 14.7 Å². The highest BCUT2D eigenvalue weighted by Crippen LogP contribution is 2.24. The molecule has 0 radical (unpaired) electrons. The SMILES string of the molecule is CC(=O)/C=C/c1c[nH]c2ncc(N3CCN(C(=O)[C@@H](C)O)CC3)cc12. The van der Waals surface area contributed by atoms with Crippen LogP contribution < -0.4 is 4.90 Å². The maximum Gasteiger partial charge on any atom is 0.251 e. The molecule has 0 aromatic carbocycles. The van der Waals surface area contributed by atoms with E-state index in [1.54, 1.807) is 11.0 Å². The Morgan fingerprint density at radius 3 is 2.68 bits per heavy atom. The van der Waals surface area contributed by atoms with E-state index >= 15 is 0 Å². The van der Waals surface area contributed by atoms with E-state index < -0.39 is 6.10 Å². The molecule has 7 heteroatoms. The van der Waals surface area contributed by atoms with Crippen LogP contribution in [-0.2, 0) is 9.59 Å². The highest BCUT2D eigenvalue weighted by Gasteiger charge is 2.24. The second kappa shape index (κ2) is 7.06. The fourth-order valence-corrected chi connectivity index (χ4v) is 2.98. The minimum Gasteiger partial charge on any atom is -0.384 e. The molecule has 1 aliphatic heterocycles. The van der Waals surface area contributed by atoms with Crippen LogP contribution in [0.5, 0.6) is 0 Å². The number of H-pyrrole nitrogens is 1.